The molecule has 0 aliphatic carbocycles. The molecule has 0 atom stereocenters. The summed E-state index contributed by atoms with van der Waals surface area (Å²) in [5.74, 6) is 6.53. The Hall–Kier alpha value is -3.33. The molecule has 4 rings (SSSR count). The van der Waals surface area contributed by atoms with E-state index >= 15 is 0 Å². The van der Waals surface area contributed by atoms with Crippen LogP contribution in [0.3, 0.4) is 0 Å². The predicted molar refractivity (Wildman–Crippen MR) is 112 cm³/mol. The van der Waals surface area contributed by atoms with Gasteiger partial charge in [-0.2, -0.15) is 0 Å². The van der Waals surface area contributed by atoms with Gasteiger partial charge >= 0.3 is 5.63 Å². The van der Waals surface area contributed by atoms with Gasteiger partial charge in [0.25, 0.3) is 0 Å². The van der Waals surface area contributed by atoms with Crippen LogP contribution in [-0.4, -0.2) is 14.9 Å². The largest absolute Gasteiger partial charge is 0.482 e. The van der Waals surface area contributed by atoms with Crippen molar-refractivity contribution in [3.63, 3.8) is 0 Å². The maximum atomic E-state index is 13.7. The molecular weight excluding hydrogens is 407 g/mol. The number of nitrogen functional groups attached to an aromatic ring is 1. The number of aromatic nitrogens is 3. The van der Waals surface area contributed by atoms with Gasteiger partial charge in [-0.1, -0.05) is 36.0 Å². The molecule has 0 saturated heterocycles. The number of hydrogen-bond donors (Lipinski definition) is 1. The summed E-state index contributed by atoms with van der Waals surface area (Å²) in [4.78, 5) is 12.0. The van der Waals surface area contributed by atoms with Gasteiger partial charge in [0, 0.05) is 17.2 Å². The van der Waals surface area contributed by atoms with Crippen LogP contribution in [-0.2, 0) is 12.4 Å². The molecule has 0 fully saturated rings. The molecule has 0 aliphatic heterocycles. The first-order valence-corrected chi connectivity index (χ1v) is 10.1. The maximum Gasteiger partial charge on any atom is 0.336 e. The molecule has 30 heavy (non-hydrogen) atoms. The van der Waals surface area contributed by atoms with E-state index in [4.69, 9.17) is 15.0 Å². The first kappa shape index (κ1) is 20.0. The zero-order valence-electron chi connectivity index (χ0n) is 16.4. The van der Waals surface area contributed by atoms with E-state index in [1.165, 1.54) is 34.6 Å². The number of nitrogens with two attached hydrogens (primary N) is 1. The molecule has 0 spiro atoms. The van der Waals surface area contributed by atoms with Crippen LogP contribution < -0.4 is 16.2 Å². The van der Waals surface area contributed by atoms with Crippen molar-refractivity contribution in [1.29, 1.82) is 0 Å². The molecule has 0 saturated carbocycles. The number of aryl methyl sites for hydroxylation is 2. The normalized spacial score (nSPS) is 11.2. The first-order valence-electron chi connectivity index (χ1n) is 9.16. The molecule has 2 aromatic heterocycles. The lowest BCUT2D eigenvalue weighted by Crippen LogP contribution is -2.16. The number of thioether (sulfide) groups is 1. The monoisotopic (exact) mass is 426 g/mol. The van der Waals surface area contributed by atoms with Crippen LogP contribution in [0.25, 0.3) is 11.0 Å². The number of para-hydroxylation sites is 1. The molecular formula is C21H19FN4O3S. The van der Waals surface area contributed by atoms with Crippen LogP contribution in [0.1, 0.15) is 22.5 Å². The van der Waals surface area contributed by atoms with Crippen LogP contribution in [0, 0.1) is 19.7 Å². The fourth-order valence-corrected chi connectivity index (χ4v) is 3.86. The van der Waals surface area contributed by atoms with E-state index in [1.54, 1.807) is 12.1 Å². The van der Waals surface area contributed by atoms with E-state index in [1.807, 2.05) is 26.0 Å². The highest BCUT2D eigenvalue weighted by Crippen LogP contribution is 2.28. The second-order valence-corrected chi connectivity index (χ2v) is 7.69. The quantitative estimate of drug-likeness (QED) is 0.285. The summed E-state index contributed by atoms with van der Waals surface area (Å²) in [6.07, 6.45) is 0. The van der Waals surface area contributed by atoms with Gasteiger partial charge in [-0.05, 0) is 42.7 Å². The minimum atomic E-state index is -0.462. The number of halogens is 1. The lowest BCUT2D eigenvalue weighted by Gasteiger charge is -2.09. The summed E-state index contributed by atoms with van der Waals surface area (Å²) in [5, 5.41) is 9.42. The van der Waals surface area contributed by atoms with E-state index in [2.05, 4.69) is 10.2 Å². The highest BCUT2D eigenvalue weighted by atomic mass is 32.2. The molecule has 0 bridgehead atoms. The Morgan fingerprint density at radius 2 is 2.00 bits per heavy atom. The number of ether oxygens (including phenoxy) is 1. The number of hydrogen-bond acceptors (Lipinski definition) is 7. The molecule has 2 N–H and O–H groups in total. The summed E-state index contributed by atoms with van der Waals surface area (Å²) < 4.78 is 25.8. The Labute approximate surface area is 175 Å². The number of fused-ring (bicyclic) bond motifs is 1. The lowest BCUT2D eigenvalue weighted by molar-refractivity contribution is 0.277. The summed E-state index contributed by atoms with van der Waals surface area (Å²) in [7, 11) is 0. The molecule has 154 valence electrons. The standard InChI is InChI=1S/C21H19FN4O3S/c1-12-7-8-15-14(9-19(27)29-20(15)13(12)2)11-30-21-25-24-18(26(21)23)10-28-17-6-4-3-5-16(17)22/h3-9H,10-11,23H2,1-2H3. The summed E-state index contributed by atoms with van der Waals surface area (Å²) in [6, 6.07) is 11.5. The Kier molecular flexibility index (Phi) is 5.45. The van der Waals surface area contributed by atoms with Crippen LogP contribution in [0.4, 0.5) is 4.39 Å². The van der Waals surface area contributed by atoms with Crippen molar-refractivity contribution in [1.82, 2.24) is 14.9 Å². The van der Waals surface area contributed by atoms with Gasteiger partial charge in [0.2, 0.25) is 5.16 Å². The van der Waals surface area contributed by atoms with E-state index in [0.717, 1.165) is 22.1 Å². The average Bonchev–Trinajstić information content (AvgIpc) is 3.08. The van der Waals surface area contributed by atoms with Crippen LogP contribution in [0.5, 0.6) is 5.75 Å². The minimum Gasteiger partial charge on any atom is -0.482 e. The number of rotatable bonds is 6. The predicted octanol–water partition coefficient (Wildman–Crippen LogP) is 3.73. The summed E-state index contributed by atoms with van der Waals surface area (Å²) >= 11 is 1.33. The minimum absolute atomic E-state index is 0.0265. The lowest BCUT2D eigenvalue weighted by atomic mass is 10.0. The molecule has 7 nitrogen and oxygen atoms in total. The topological polar surface area (TPSA) is 96.2 Å². The third-order valence-corrected chi connectivity index (χ3v) is 5.79. The van der Waals surface area contributed by atoms with Gasteiger partial charge in [-0.15, -0.1) is 10.2 Å². The Bertz CT molecular complexity index is 1290. The Balaban J connectivity index is 1.52. The fourth-order valence-electron chi connectivity index (χ4n) is 2.99. The van der Waals surface area contributed by atoms with Crippen molar-refractivity contribution in [3.05, 3.63) is 81.2 Å². The fraction of sp³-hybridized carbons (Fsp3) is 0.190. The first-order chi connectivity index (χ1) is 14.4. The molecule has 0 radical (unpaired) electrons. The van der Waals surface area contributed by atoms with Gasteiger partial charge < -0.3 is 15.0 Å². The Morgan fingerprint density at radius 1 is 1.20 bits per heavy atom. The third kappa shape index (κ3) is 3.88. The average molecular weight is 426 g/mol. The van der Waals surface area contributed by atoms with Crippen LogP contribution in [0.15, 0.2) is 56.8 Å². The van der Waals surface area contributed by atoms with Crippen molar-refractivity contribution in [2.75, 3.05) is 5.84 Å². The van der Waals surface area contributed by atoms with Gasteiger partial charge in [-0.25, -0.2) is 13.9 Å². The van der Waals surface area contributed by atoms with Gasteiger partial charge in [0.15, 0.2) is 17.4 Å². The molecule has 9 heteroatoms. The smallest absolute Gasteiger partial charge is 0.336 e. The third-order valence-electron chi connectivity index (χ3n) is 4.80. The van der Waals surface area contributed by atoms with Gasteiger partial charge in [0.1, 0.15) is 12.2 Å². The van der Waals surface area contributed by atoms with Gasteiger partial charge in [0.05, 0.1) is 0 Å². The SMILES string of the molecule is Cc1ccc2c(CSc3nnc(COc4ccccc4F)n3N)cc(=O)oc2c1C. The highest BCUT2D eigenvalue weighted by molar-refractivity contribution is 7.98. The van der Waals surface area contributed by atoms with E-state index < -0.39 is 11.4 Å². The highest BCUT2D eigenvalue weighted by Gasteiger charge is 2.14. The number of benzene rings is 2. The van der Waals surface area contributed by atoms with E-state index in [9.17, 15) is 9.18 Å². The van der Waals surface area contributed by atoms with E-state index in [0.29, 0.717) is 22.3 Å². The van der Waals surface area contributed by atoms with Crippen molar-refractivity contribution >= 4 is 22.7 Å². The zero-order chi connectivity index (χ0) is 21.3. The molecule has 0 aliphatic rings. The van der Waals surface area contributed by atoms with Crippen molar-refractivity contribution in [3.8, 4) is 5.75 Å². The zero-order valence-corrected chi connectivity index (χ0v) is 17.2. The maximum absolute atomic E-state index is 13.7. The van der Waals surface area contributed by atoms with Crippen LogP contribution in [0.2, 0.25) is 0 Å². The Morgan fingerprint density at radius 3 is 2.80 bits per heavy atom. The molecule has 2 aromatic carbocycles. The number of nitrogens with zero attached hydrogens (tertiary/aromatic N) is 3. The second kappa shape index (κ2) is 8.19. The summed E-state index contributed by atoms with van der Waals surface area (Å²) in [6.45, 7) is 3.87. The van der Waals surface area contributed by atoms with Crippen molar-refractivity contribution in [2.24, 2.45) is 0 Å². The molecule has 2 heterocycles. The molecule has 0 amide bonds. The second-order valence-electron chi connectivity index (χ2n) is 6.75. The van der Waals surface area contributed by atoms with Crippen molar-refractivity contribution < 1.29 is 13.5 Å². The van der Waals surface area contributed by atoms with Crippen molar-refractivity contribution in [2.45, 2.75) is 31.4 Å². The molecule has 4 aromatic rings. The summed E-state index contributed by atoms with van der Waals surface area (Å²) in [5.41, 5.74) is 3.00. The van der Waals surface area contributed by atoms with Crippen LogP contribution >= 0.6 is 11.8 Å². The molecule has 0 unspecified atom stereocenters. The van der Waals surface area contributed by atoms with Gasteiger partial charge in [-0.3, -0.25) is 0 Å². The van der Waals surface area contributed by atoms with E-state index in [-0.39, 0.29) is 12.4 Å².